The molecule has 0 aliphatic rings. The molecule has 0 atom stereocenters. The van der Waals surface area contributed by atoms with Crippen LogP contribution in [0.2, 0.25) is 0 Å². The van der Waals surface area contributed by atoms with Gasteiger partial charge < -0.3 is 10.6 Å². The minimum Gasteiger partial charge on any atom is -0.392 e. The molecule has 0 unspecified atom stereocenters. The molecule has 3 nitrogen and oxygen atoms in total. The zero-order valence-electron chi connectivity index (χ0n) is 10.8. The molecule has 104 valence electrons. The van der Waals surface area contributed by atoms with Crippen LogP contribution in [0.4, 0.5) is 8.78 Å². The molecule has 1 amide bonds. The van der Waals surface area contributed by atoms with E-state index in [-0.39, 0.29) is 35.5 Å². The van der Waals surface area contributed by atoms with E-state index in [1.807, 2.05) is 0 Å². The first-order valence-electron chi connectivity index (χ1n) is 5.83. The molecule has 0 bridgehead atoms. The van der Waals surface area contributed by atoms with Crippen molar-refractivity contribution in [2.75, 3.05) is 6.54 Å². The summed E-state index contributed by atoms with van der Waals surface area (Å²) >= 11 is 4.77. The van der Waals surface area contributed by atoms with Crippen molar-refractivity contribution >= 4 is 23.1 Å². The number of carbonyl (C=O) groups is 1. The van der Waals surface area contributed by atoms with E-state index >= 15 is 0 Å². The van der Waals surface area contributed by atoms with Gasteiger partial charge >= 0.3 is 0 Å². The van der Waals surface area contributed by atoms with E-state index in [0.717, 1.165) is 6.07 Å². The van der Waals surface area contributed by atoms with E-state index in [0.29, 0.717) is 0 Å². The predicted molar refractivity (Wildman–Crippen MR) is 73.7 cm³/mol. The Labute approximate surface area is 116 Å². The van der Waals surface area contributed by atoms with Gasteiger partial charge in [-0.25, -0.2) is 8.78 Å². The normalized spacial score (nSPS) is 10.6. The summed E-state index contributed by atoms with van der Waals surface area (Å²) in [6.07, 6.45) is -0.218. The van der Waals surface area contributed by atoms with Gasteiger partial charge in [0.15, 0.2) is 11.6 Å². The molecule has 19 heavy (non-hydrogen) atoms. The first kappa shape index (κ1) is 15.5. The number of rotatable bonds is 5. The molecular formula is C13H16F2N2OS. The van der Waals surface area contributed by atoms with Gasteiger partial charge in [0.25, 0.3) is 0 Å². The van der Waals surface area contributed by atoms with Crippen molar-refractivity contribution < 1.29 is 13.6 Å². The lowest BCUT2D eigenvalue weighted by atomic mass is 10.1. The van der Waals surface area contributed by atoms with Crippen LogP contribution in [0.3, 0.4) is 0 Å². The van der Waals surface area contributed by atoms with Crippen molar-refractivity contribution in [1.29, 1.82) is 0 Å². The van der Waals surface area contributed by atoms with Crippen LogP contribution in [0.15, 0.2) is 18.2 Å². The number of hydrogen-bond donors (Lipinski definition) is 1. The van der Waals surface area contributed by atoms with Crippen molar-refractivity contribution in [3.8, 4) is 0 Å². The lowest BCUT2D eigenvalue weighted by Gasteiger charge is -2.26. The minimum absolute atomic E-state index is 0.0265. The highest BCUT2D eigenvalue weighted by Gasteiger charge is 2.20. The maximum atomic E-state index is 13.5. The summed E-state index contributed by atoms with van der Waals surface area (Å²) in [5, 5.41) is 0. The van der Waals surface area contributed by atoms with Gasteiger partial charge in [-0.15, -0.1) is 0 Å². The van der Waals surface area contributed by atoms with Crippen LogP contribution in [-0.4, -0.2) is 28.4 Å². The molecule has 1 aromatic carbocycles. The maximum Gasteiger partial charge on any atom is 0.227 e. The van der Waals surface area contributed by atoms with E-state index in [2.05, 4.69) is 0 Å². The molecule has 0 saturated carbocycles. The lowest BCUT2D eigenvalue weighted by molar-refractivity contribution is -0.131. The third-order valence-corrected chi connectivity index (χ3v) is 2.77. The van der Waals surface area contributed by atoms with E-state index in [4.69, 9.17) is 18.0 Å². The van der Waals surface area contributed by atoms with Gasteiger partial charge in [-0.1, -0.05) is 24.4 Å². The monoisotopic (exact) mass is 286 g/mol. The Morgan fingerprint density at radius 2 is 2.05 bits per heavy atom. The minimum atomic E-state index is -0.991. The SMILES string of the molecule is CC(C)N(CC(N)=S)C(=O)Cc1cccc(F)c1F. The number of amides is 1. The Morgan fingerprint density at radius 3 is 2.58 bits per heavy atom. The smallest absolute Gasteiger partial charge is 0.227 e. The maximum absolute atomic E-state index is 13.5. The number of thiocarbonyl (C=S) groups is 1. The molecule has 0 spiro atoms. The predicted octanol–water partition coefficient (Wildman–Crippen LogP) is 2.03. The Morgan fingerprint density at radius 1 is 1.42 bits per heavy atom. The fraction of sp³-hybridized carbons (Fsp3) is 0.385. The standard InChI is InChI=1S/C13H16F2N2OS/c1-8(2)17(7-11(16)19)12(18)6-9-4-3-5-10(14)13(9)15/h3-5,8H,6-7H2,1-2H3,(H2,16,19). The van der Waals surface area contributed by atoms with Crippen LogP contribution < -0.4 is 5.73 Å². The zero-order chi connectivity index (χ0) is 14.6. The van der Waals surface area contributed by atoms with Gasteiger partial charge in [-0.3, -0.25) is 4.79 Å². The Bertz CT molecular complexity index is 492. The van der Waals surface area contributed by atoms with Gasteiger partial charge in [0.2, 0.25) is 5.91 Å². The zero-order valence-corrected chi connectivity index (χ0v) is 11.6. The molecule has 0 saturated heterocycles. The third-order valence-electron chi connectivity index (χ3n) is 2.64. The lowest BCUT2D eigenvalue weighted by Crippen LogP contribution is -2.43. The fourth-order valence-electron chi connectivity index (χ4n) is 1.68. The van der Waals surface area contributed by atoms with Crippen LogP contribution >= 0.6 is 12.2 Å². The topological polar surface area (TPSA) is 46.3 Å². The summed E-state index contributed by atoms with van der Waals surface area (Å²) in [5.74, 6) is -2.29. The molecule has 0 aliphatic heterocycles. The van der Waals surface area contributed by atoms with Crippen molar-refractivity contribution in [3.63, 3.8) is 0 Å². The molecule has 0 aliphatic carbocycles. The van der Waals surface area contributed by atoms with Crippen molar-refractivity contribution in [1.82, 2.24) is 4.90 Å². The van der Waals surface area contributed by atoms with Gasteiger partial charge in [0, 0.05) is 11.6 Å². The first-order valence-corrected chi connectivity index (χ1v) is 6.24. The highest BCUT2D eigenvalue weighted by molar-refractivity contribution is 7.80. The quantitative estimate of drug-likeness (QED) is 0.843. The molecular weight excluding hydrogens is 270 g/mol. The number of nitrogens with two attached hydrogens (primary N) is 1. The van der Waals surface area contributed by atoms with Crippen LogP contribution in [0.1, 0.15) is 19.4 Å². The number of nitrogens with zero attached hydrogens (tertiary/aromatic N) is 1. The van der Waals surface area contributed by atoms with Gasteiger partial charge in [-0.05, 0) is 19.9 Å². The average Bonchev–Trinajstić information content (AvgIpc) is 2.31. The highest BCUT2D eigenvalue weighted by Crippen LogP contribution is 2.13. The molecule has 0 radical (unpaired) electrons. The van der Waals surface area contributed by atoms with E-state index in [9.17, 15) is 13.6 Å². The molecule has 1 rings (SSSR count). The largest absolute Gasteiger partial charge is 0.392 e. The Hall–Kier alpha value is -1.56. The highest BCUT2D eigenvalue weighted by atomic mass is 32.1. The summed E-state index contributed by atoms with van der Waals surface area (Å²) in [5.41, 5.74) is 5.45. The molecule has 2 N–H and O–H groups in total. The van der Waals surface area contributed by atoms with Crippen molar-refractivity contribution in [2.24, 2.45) is 5.73 Å². The molecule has 0 fully saturated rings. The van der Waals surface area contributed by atoms with E-state index in [1.54, 1.807) is 13.8 Å². The van der Waals surface area contributed by atoms with E-state index in [1.165, 1.54) is 17.0 Å². The van der Waals surface area contributed by atoms with E-state index < -0.39 is 11.6 Å². The summed E-state index contributed by atoms with van der Waals surface area (Å²) in [4.78, 5) is 13.7. The number of benzene rings is 1. The van der Waals surface area contributed by atoms with Gasteiger partial charge in [0.05, 0.1) is 18.0 Å². The summed E-state index contributed by atoms with van der Waals surface area (Å²) in [7, 11) is 0. The number of carbonyl (C=O) groups excluding carboxylic acids is 1. The third kappa shape index (κ3) is 4.24. The van der Waals surface area contributed by atoms with Crippen LogP contribution in [0, 0.1) is 11.6 Å². The molecule has 6 heteroatoms. The average molecular weight is 286 g/mol. The second kappa shape index (κ2) is 6.56. The molecule has 0 heterocycles. The summed E-state index contributed by atoms with van der Waals surface area (Å²) in [6.45, 7) is 3.74. The number of hydrogen-bond acceptors (Lipinski definition) is 2. The van der Waals surface area contributed by atoms with Gasteiger partial charge in [0.1, 0.15) is 0 Å². The van der Waals surface area contributed by atoms with Crippen LogP contribution in [0.25, 0.3) is 0 Å². The van der Waals surface area contributed by atoms with Crippen LogP contribution in [-0.2, 0) is 11.2 Å². The fourth-order valence-corrected chi connectivity index (χ4v) is 1.82. The summed E-state index contributed by atoms with van der Waals surface area (Å²) in [6, 6.07) is 3.65. The van der Waals surface area contributed by atoms with Crippen LogP contribution in [0.5, 0.6) is 0 Å². The first-order chi connectivity index (χ1) is 8.82. The summed E-state index contributed by atoms with van der Waals surface area (Å²) < 4.78 is 26.6. The molecule has 1 aromatic rings. The Balaban J connectivity index is 2.87. The van der Waals surface area contributed by atoms with Gasteiger partial charge in [-0.2, -0.15) is 0 Å². The Kier molecular flexibility index (Phi) is 5.35. The molecule has 0 aromatic heterocycles. The number of halogens is 2. The second-order valence-electron chi connectivity index (χ2n) is 4.47. The second-order valence-corrected chi connectivity index (χ2v) is 5.00. The van der Waals surface area contributed by atoms with Crippen molar-refractivity contribution in [2.45, 2.75) is 26.3 Å². The van der Waals surface area contributed by atoms with Crippen molar-refractivity contribution in [3.05, 3.63) is 35.4 Å².